The summed E-state index contributed by atoms with van der Waals surface area (Å²) in [5.41, 5.74) is 1.14. The largest absolute Gasteiger partial charge is 0.493 e. The third-order valence-corrected chi connectivity index (χ3v) is 5.21. The summed E-state index contributed by atoms with van der Waals surface area (Å²) in [5, 5.41) is 13.6. The van der Waals surface area contributed by atoms with Crippen molar-refractivity contribution in [3.05, 3.63) is 23.8 Å². The van der Waals surface area contributed by atoms with E-state index in [1.165, 1.54) is 0 Å². The lowest BCUT2D eigenvalue weighted by atomic mass is 10.2. The van der Waals surface area contributed by atoms with Gasteiger partial charge in [-0.15, -0.1) is 0 Å². The highest BCUT2D eigenvalue weighted by Gasteiger charge is 2.16. The number of β-amino-alcohol motifs (C(OH)–C–C–N with tert-alkyl or cyclic N) is 1. The van der Waals surface area contributed by atoms with Gasteiger partial charge in [0, 0.05) is 51.4 Å². The van der Waals surface area contributed by atoms with E-state index in [1.54, 1.807) is 14.2 Å². The Morgan fingerprint density at radius 1 is 1.23 bits per heavy atom. The number of methoxy groups -OCH3 is 2. The first-order valence-electron chi connectivity index (χ1n) is 9.20. The molecule has 148 valence electrons. The van der Waals surface area contributed by atoms with Crippen molar-refractivity contribution in [3.63, 3.8) is 0 Å². The molecule has 1 saturated heterocycles. The topological polar surface area (TPSA) is 63.2 Å². The van der Waals surface area contributed by atoms with Crippen LogP contribution in [0.1, 0.15) is 12.0 Å². The summed E-state index contributed by atoms with van der Waals surface area (Å²) in [6, 6.07) is 5.91. The van der Waals surface area contributed by atoms with E-state index in [1.807, 2.05) is 30.0 Å². The monoisotopic (exact) mass is 384 g/mol. The molecule has 2 N–H and O–H groups in total. The van der Waals surface area contributed by atoms with Crippen LogP contribution in [0.25, 0.3) is 0 Å². The van der Waals surface area contributed by atoms with E-state index in [4.69, 9.17) is 14.2 Å². The van der Waals surface area contributed by atoms with Crippen molar-refractivity contribution in [2.45, 2.75) is 19.1 Å². The molecule has 1 aromatic rings. The quantitative estimate of drug-likeness (QED) is 0.531. The van der Waals surface area contributed by atoms with Crippen LogP contribution in [-0.4, -0.2) is 81.2 Å². The van der Waals surface area contributed by atoms with Crippen LogP contribution in [0.3, 0.4) is 0 Å². The van der Waals surface area contributed by atoms with Crippen LogP contribution in [0.5, 0.6) is 11.5 Å². The van der Waals surface area contributed by atoms with Gasteiger partial charge in [-0.1, -0.05) is 6.07 Å². The van der Waals surface area contributed by atoms with Gasteiger partial charge < -0.3 is 24.6 Å². The molecular formula is C19H32N2O4S. The molecule has 0 spiro atoms. The first-order chi connectivity index (χ1) is 12.7. The third kappa shape index (κ3) is 7.72. The number of aliphatic hydroxyl groups is 1. The number of nitrogens with one attached hydrogen (secondary N) is 1. The molecule has 1 aliphatic heterocycles. The molecule has 6 nitrogen and oxygen atoms in total. The van der Waals surface area contributed by atoms with Gasteiger partial charge in [-0.25, -0.2) is 0 Å². The fourth-order valence-corrected chi connectivity index (χ4v) is 3.81. The van der Waals surface area contributed by atoms with E-state index in [2.05, 4.69) is 10.2 Å². The van der Waals surface area contributed by atoms with Gasteiger partial charge in [-0.3, -0.25) is 4.90 Å². The Morgan fingerprint density at radius 3 is 2.77 bits per heavy atom. The van der Waals surface area contributed by atoms with E-state index < -0.39 is 6.10 Å². The highest BCUT2D eigenvalue weighted by Crippen LogP contribution is 2.28. The maximum absolute atomic E-state index is 10.2. The van der Waals surface area contributed by atoms with E-state index in [0.717, 1.165) is 56.3 Å². The minimum absolute atomic E-state index is 0.272. The highest BCUT2D eigenvalue weighted by molar-refractivity contribution is 7.99. The van der Waals surface area contributed by atoms with Crippen LogP contribution in [0.15, 0.2) is 18.2 Å². The number of rotatable bonds is 12. The highest BCUT2D eigenvalue weighted by atomic mass is 32.2. The van der Waals surface area contributed by atoms with Crippen LogP contribution in [0.4, 0.5) is 0 Å². The molecule has 26 heavy (non-hydrogen) atoms. The van der Waals surface area contributed by atoms with Crippen LogP contribution in [-0.2, 0) is 11.3 Å². The van der Waals surface area contributed by atoms with E-state index >= 15 is 0 Å². The maximum atomic E-state index is 10.2. The van der Waals surface area contributed by atoms with Crippen LogP contribution < -0.4 is 14.8 Å². The van der Waals surface area contributed by atoms with Gasteiger partial charge in [0.2, 0.25) is 0 Å². The minimum Gasteiger partial charge on any atom is -0.493 e. The fourth-order valence-electron chi connectivity index (χ4n) is 2.84. The first kappa shape index (κ1) is 21.3. The Morgan fingerprint density at radius 2 is 2.04 bits per heavy atom. The molecule has 1 fully saturated rings. The van der Waals surface area contributed by atoms with Gasteiger partial charge in [-0.05, 0) is 30.7 Å². The number of ether oxygens (including phenoxy) is 3. The van der Waals surface area contributed by atoms with Crippen LogP contribution in [0.2, 0.25) is 0 Å². The zero-order valence-electron chi connectivity index (χ0n) is 15.9. The zero-order valence-corrected chi connectivity index (χ0v) is 16.7. The molecular weight excluding hydrogens is 352 g/mol. The summed E-state index contributed by atoms with van der Waals surface area (Å²) in [4.78, 5) is 2.29. The van der Waals surface area contributed by atoms with Crippen molar-refractivity contribution in [2.75, 3.05) is 65.1 Å². The average molecular weight is 385 g/mol. The summed E-state index contributed by atoms with van der Waals surface area (Å²) in [6.07, 6.45) is 0.493. The van der Waals surface area contributed by atoms with E-state index in [-0.39, 0.29) is 6.61 Å². The normalized spacial score (nSPS) is 16.4. The molecule has 1 aliphatic rings. The molecule has 0 radical (unpaired) electrons. The van der Waals surface area contributed by atoms with Crippen molar-refractivity contribution >= 4 is 11.8 Å². The smallest absolute Gasteiger partial charge is 0.161 e. The van der Waals surface area contributed by atoms with Crippen molar-refractivity contribution in [1.29, 1.82) is 0 Å². The van der Waals surface area contributed by atoms with Crippen molar-refractivity contribution < 1.29 is 19.3 Å². The van der Waals surface area contributed by atoms with Crippen molar-refractivity contribution in [2.24, 2.45) is 0 Å². The van der Waals surface area contributed by atoms with Gasteiger partial charge in [0.15, 0.2) is 11.5 Å². The second-order valence-electron chi connectivity index (χ2n) is 6.39. The molecule has 7 heteroatoms. The molecule has 0 bridgehead atoms. The molecule has 1 heterocycles. The van der Waals surface area contributed by atoms with Gasteiger partial charge in [0.05, 0.1) is 7.11 Å². The Kier molecular flexibility index (Phi) is 10.2. The Labute approximate surface area is 161 Å². The SMILES string of the molecule is COCCCNCc1ccc(OC[C@H](O)CN2CCSCC2)c(OC)c1. The van der Waals surface area contributed by atoms with Crippen LogP contribution >= 0.6 is 11.8 Å². The number of aliphatic hydroxyl groups excluding tert-OH is 1. The van der Waals surface area contributed by atoms with Gasteiger partial charge in [-0.2, -0.15) is 11.8 Å². The molecule has 0 aromatic heterocycles. The molecule has 1 atom stereocenters. The van der Waals surface area contributed by atoms with E-state index in [0.29, 0.717) is 18.0 Å². The van der Waals surface area contributed by atoms with Gasteiger partial charge in [0.25, 0.3) is 0 Å². The zero-order chi connectivity index (χ0) is 18.6. The molecule has 1 aromatic carbocycles. The molecule has 2 rings (SSSR count). The summed E-state index contributed by atoms with van der Waals surface area (Å²) in [6.45, 7) is 5.46. The summed E-state index contributed by atoms with van der Waals surface area (Å²) < 4.78 is 16.3. The van der Waals surface area contributed by atoms with Gasteiger partial charge >= 0.3 is 0 Å². The minimum atomic E-state index is -0.495. The summed E-state index contributed by atoms with van der Waals surface area (Å²) in [7, 11) is 3.35. The lowest BCUT2D eigenvalue weighted by molar-refractivity contribution is 0.0705. The number of thioether (sulfide) groups is 1. The second-order valence-corrected chi connectivity index (χ2v) is 7.61. The number of hydrogen-bond acceptors (Lipinski definition) is 7. The Hall–Kier alpha value is -0.990. The Balaban J connectivity index is 1.76. The summed E-state index contributed by atoms with van der Waals surface area (Å²) >= 11 is 1.97. The molecule has 0 aliphatic carbocycles. The third-order valence-electron chi connectivity index (χ3n) is 4.26. The lowest BCUT2D eigenvalue weighted by Gasteiger charge is -2.28. The number of benzene rings is 1. The Bertz CT molecular complexity index is 512. The second kappa shape index (κ2) is 12.4. The van der Waals surface area contributed by atoms with Crippen LogP contribution in [0, 0.1) is 0 Å². The van der Waals surface area contributed by atoms with E-state index in [9.17, 15) is 5.11 Å². The lowest BCUT2D eigenvalue weighted by Crippen LogP contribution is -2.40. The fraction of sp³-hybridized carbons (Fsp3) is 0.684. The standard InChI is InChI=1S/C19H32N2O4S/c1-23-9-3-6-20-13-16-4-5-18(19(12-16)24-2)25-15-17(22)14-21-7-10-26-11-8-21/h4-5,12,17,20,22H,3,6-11,13-15H2,1-2H3/t17-/m1/s1. The van der Waals surface area contributed by atoms with Gasteiger partial charge in [0.1, 0.15) is 12.7 Å². The number of hydrogen-bond donors (Lipinski definition) is 2. The summed E-state index contributed by atoms with van der Waals surface area (Å²) in [5.74, 6) is 3.65. The molecule has 0 saturated carbocycles. The molecule has 0 unspecified atom stereocenters. The van der Waals surface area contributed by atoms with Crippen molar-refractivity contribution in [1.82, 2.24) is 10.2 Å². The predicted octanol–water partition coefficient (Wildman–Crippen LogP) is 1.61. The maximum Gasteiger partial charge on any atom is 0.161 e. The molecule has 0 amide bonds. The van der Waals surface area contributed by atoms with Crippen molar-refractivity contribution in [3.8, 4) is 11.5 Å². The average Bonchev–Trinajstić information content (AvgIpc) is 2.67. The number of nitrogens with zero attached hydrogens (tertiary/aromatic N) is 1. The first-order valence-corrected chi connectivity index (χ1v) is 10.4. The predicted molar refractivity (Wildman–Crippen MR) is 106 cm³/mol.